The predicted octanol–water partition coefficient (Wildman–Crippen LogP) is 3.07. The van der Waals surface area contributed by atoms with Crippen LogP contribution in [-0.4, -0.2) is 17.0 Å². The van der Waals surface area contributed by atoms with Crippen molar-refractivity contribution in [3.8, 4) is 0 Å². The van der Waals surface area contributed by atoms with Crippen molar-refractivity contribution < 1.29 is 18.0 Å². The monoisotopic (exact) mass is 324 g/mol. The summed E-state index contributed by atoms with van der Waals surface area (Å²) in [6, 6.07) is 7.23. The van der Waals surface area contributed by atoms with E-state index in [2.05, 4.69) is 0 Å². The second-order valence-electron chi connectivity index (χ2n) is 4.93. The number of amides is 1. The minimum absolute atomic E-state index is 0.0308. The molecule has 0 saturated carbocycles. The van der Waals surface area contributed by atoms with Crippen molar-refractivity contribution in [1.29, 1.82) is 0 Å². The highest BCUT2D eigenvalue weighted by Crippen LogP contribution is 2.30. The molecule has 1 aromatic heterocycles. The summed E-state index contributed by atoms with van der Waals surface area (Å²) in [5.74, 6) is -0.548. The van der Waals surface area contributed by atoms with Crippen molar-refractivity contribution >= 4 is 11.6 Å². The highest BCUT2D eigenvalue weighted by Gasteiger charge is 2.30. The number of aromatic nitrogens is 1. The first-order chi connectivity index (χ1) is 10.8. The third-order valence-electron chi connectivity index (χ3n) is 3.42. The van der Waals surface area contributed by atoms with Gasteiger partial charge in [-0.15, -0.1) is 0 Å². The average Bonchev–Trinajstić information content (AvgIpc) is 2.50. The zero-order chi connectivity index (χ0) is 17.2. The summed E-state index contributed by atoms with van der Waals surface area (Å²) in [5.41, 5.74) is -0.976. The molecule has 0 radical (unpaired) electrons. The van der Waals surface area contributed by atoms with E-state index in [4.69, 9.17) is 0 Å². The SMILES string of the molecule is CCN(C(=O)c1cccn(C)c1=O)c1ccc(C(F)(F)F)cc1. The van der Waals surface area contributed by atoms with Crippen LogP contribution in [0.2, 0.25) is 0 Å². The molecule has 1 amide bonds. The van der Waals surface area contributed by atoms with Gasteiger partial charge in [-0.2, -0.15) is 13.2 Å². The van der Waals surface area contributed by atoms with Crippen LogP contribution < -0.4 is 10.5 Å². The molecule has 23 heavy (non-hydrogen) atoms. The summed E-state index contributed by atoms with van der Waals surface area (Å²) in [6.07, 6.45) is -2.91. The van der Waals surface area contributed by atoms with Gasteiger partial charge in [0, 0.05) is 25.5 Å². The van der Waals surface area contributed by atoms with E-state index < -0.39 is 23.2 Å². The fourth-order valence-corrected chi connectivity index (χ4v) is 2.18. The van der Waals surface area contributed by atoms with E-state index in [9.17, 15) is 22.8 Å². The van der Waals surface area contributed by atoms with E-state index in [1.165, 1.54) is 40.9 Å². The lowest BCUT2D eigenvalue weighted by molar-refractivity contribution is -0.137. The lowest BCUT2D eigenvalue weighted by Gasteiger charge is -2.21. The number of aryl methyl sites for hydroxylation is 1. The Bertz CT molecular complexity index is 764. The number of rotatable bonds is 3. The first-order valence-corrected chi connectivity index (χ1v) is 6.90. The molecule has 0 spiro atoms. The van der Waals surface area contributed by atoms with Crippen molar-refractivity contribution in [3.63, 3.8) is 0 Å². The van der Waals surface area contributed by atoms with Gasteiger partial charge in [-0.05, 0) is 43.3 Å². The molecule has 7 heteroatoms. The van der Waals surface area contributed by atoms with Crippen LogP contribution in [0.1, 0.15) is 22.8 Å². The molecular formula is C16H15F3N2O2. The molecule has 0 aliphatic rings. The van der Waals surface area contributed by atoms with Gasteiger partial charge in [0.15, 0.2) is 0 Å². The molecule has 0 fully saturated rings. The summed E-state index contributed by atoms with van der Waals surface area (Å²) >= 11 is 0. The number of alkyl halides is 3. The number of pyridine rings is 1. The Balaban J connectivity index is 2.38. The van der Waals surface area contributed by atoms with Gasteiger partial charge >= 0.3 is 6.18 Å². The normalized spacial score (nSPS) is 11.3. The summed E-state index contributed by atoms with van der Waals surface area (Å²) in [6.45, 7) is 1.91. The molecular weight excluding hydrogens is 309 g/mol. The first kappa shape index (κ1) is 16.8. The van der Waals surface area contributed by atoms with Crippen LogP contribution in [0.3, 0.4) is 0 Å². The molecule has 0 aliphatic carbocycles. The molecule has 0 atom stereocenters. The number of benzene rings is 1. The zero-order valence-corrected chi connectivity index (χ0v) is 12.6. The van der Waals surface area contributed by atoms with Crippen LogP contribution in [0.5, 0.6) is 0 Å². The third-order valence-corrected chi connectivity index (χ3v) is 3.42. The third kappa shape index (κ3) is 3.44. The Morgan fingerprint density at radius 1 is 1.17 bits per heavy atom. The van der Waals surface area contributed by atoms with Gasteiger partial charge < -0.3 is 9.47 Å². The van der Waals surface area contributed by atoms with Gasteiger partial charge in [0.2, 0.25) is 0 Å². The molecule has 0 aliphatic heterocycles. The molecule has 4 nitrogen and oxygen atoms in total. The number of hydrogen-bond donors (Lipinski definition) is 0. The van der Waals surface area contributed by atoms with E-state index in [1.54, 1.807) is 13.0 Å². The molecule has 0 N–H and O–H groups in total. The Morgan fingerprint density at radius 2 is 1.78 bits per heavy atom. The van der Waals surface area contributed by atoms with Crippen molar-refractivity contribution in [2.75, 3.05) is 11.4 Å². The fraction of sp³-hybridized carbons (Fsp3) is 0.250. The number of hydrogen-bond acceptors (Lipinski definition) is 2. The summed E-state index contributed by atoms with van der Waals surface area (Å²) in [5, 5.41) is 0. The van der Waals surface area contributed by atoms with Gasteiger partial charge in [0.05, 0.1) is 5.56 Å². The summed E-state index contributed by atoms with van der Waals surface area (Å²) in [4.78, 5) is 25.8. The second-order valence-corrected chi connectivity index (χ2v) is 4.93. The largest absolute Gasteiger partial charge is 0.416 e. The maximum atomic E-state index is 12.6. The van der Waals surface area contributed by atoms with Crippen LogP contribution in [0.15, 0.2) is 47.4 Å². The Labute approximate surface area is 130 Å². The molecule has 2 rings (SSSR count). The Morgan fingerprint density at radius 3 is 2.30 bits per heavy atom. The number of anilines is 1. The highest BCUT2D eigenvalue weighted by atomic mass is 19.4. The van der Waals surface area contributed by atoms with Crippen molar-refractivity contribution in [2.24, 2.45) is 7.05 Å². The summed E-state index contributed by atoms with van der Waals surface area (Å²) < 4.78 is 39.1. The number of carbonyl (C=O) groups is 1. The maximum Gasteiger partial charge on any atom is 0.416 e. The van der Waals surface area contributed by atoms with E-state index in [1.807, 2.05) is 0 Å². The smallest absolute Gasteiger partial charge is 0.318 e. The van der Waals surface area contributed by atoms with Crippen LogP contribution in [-0.2, 0) is 13.2 Å². The van der Waals surface area contributed by atoms with Gasteiger partial charge in [-0.25, -0.2) is 0 Å². The molecule has 0 saturated heterocycles. The lowest BCUT2D eigenvalue weighted by Crippen LogP contribution is -2.36. The number of carbonyl (C=O) groups excluding carboxylic acids is 1. The second kappa shape index (κ2) is 6.28. The molecule has 1 aromatic carbocycles. The molecule has 0 bridgehead atoms. The van der Waals surface area contributed by atoms with Crippen LogP contribution >= 0.6 is 0 Å². The Hall–Kier alpha value is -2.57. The quantitative estimate of drug-likeness (QED) is 0.871. The van der Waals surface area contributed by atoms with Gasteiger partial charge in [-0.1, -0.05) is 0 Å². The fourth-order valence-electron chi connectivity index (χ4n) is 2.18. The summed E-state index contributed by atoms with van der Waals surface area (Å²) in [7, 11) is 1.52. The van der Waals surface area contributed by atoms with E-state index in [0.717, 1.165) is 12.1 Å². The number of nitrogens with zero attached hydrogens (tertiary/aromatic N) is 2. The first-order valence-electron chi connectivity index (χ1n) is 6.90. The zero-order valence-electron chi connectivity index (χ0n) is 12.6. The van der Waals surface area contributed by atoms with Gasteiger partial charge in [-0.3, -0.25) is 9.59 Å². The van der Waals surface area contributed by atoms with Crippen LogP contribution in [0.25, 0.3) is 0 Å². The van der Waals surface area contributed by atoms with Crippen molar-refractivity contribution in [3.05, 3.63) is 64.1 Å². The minimum Gasteiger partial charge on any atom is -0.318 e. The molecule has 122 valence electrons. The predicted molar refractivity (Wildman–Crippen MR) is 80.5 cm³/mol. The van der Waals surface area contributed by atoms with Crippen molar-refractivity contribution in [2.45, 2.75) is 13.1 Å². The standard InChI is InChI=1S/C16H15F3N2O2/c1-3-21(12-8-6-11(7-9-12)16(17,18)19)15(23)13-5-4-10-20(2)14(13)22/h4-10H,3H2,1-2H3. The number of halogens is 3. The van der Waals surface area contributed by atoms with Crippen LogP contribution in [0.4, 0.5) is 18.9 Å². The molecule has 0 unspecified atom stereocenters. The topological polar surface area (TPSA) is 42.3 Å². The average molecular weight is 324 g/mol. The van der Waals surface area contributed by atoms with Gasteiger partial charge in [0.25, 0.3) is 11.5 Å². The molecule has 1 heterocycles. The van der Waals surface area contributed by atoms with E-state index >= 15 is 0 Å². The van der Waals surface area contributed by atoms with Crippen molar-refractivity contribution in [1.82, 2.24) is 4.57 Å². The Kier molecular flexibility index (Phi) is 4.58. The van der Waals surface area contributed by atoms with Crippen LogP contribution in [0, 0.1) is 0 Å². The maximum absolute atomic E-state index is 12.6. The van der Waals surface area contributed by atoms with E-state index in [-0.39, 0.29) is 12.1 Å². The minimum atomic E-state index is -4.44. The van der Waals surface area contributed by atoms with E-state index in [0.29, 0.717) is 5.69 Å². The highest BCUT2D eigenvalue weighted by molar-refractivity contribution is 6.05. The lowest BCUT2D eigenvalue weighted by atomic mass is 10.1. The van der Waals surface area contributed by atoms with Gasteiger partial charge in [0.1, 0.15) is 5.56 Å². The molecule has 2 aromatic rings.